The highest BCUT2D eigenvalue weighted by Gasteiger charge is 2.44. The van der Waals surface area contributed by atoms with Gasteiger partial charge in [0.05, 0.1) is 22.5 Å². The van der Waals surface area contributed by atoms with Gasteiger partial charge in [-0.15, -0.1) is 5.06 Å². The second-order valence-electron chi connectivity index (χ2n) is 10.8. The number of rotatable bonds is 7. The largest absolute Gasteiger partial charge is 0.493 e. The average molecular weight is 692 g/mol. The third-order valence-corrected chi connectivity index (χ3v) is 7.21. The van der Waals surface area contributed by atoms with Crippen LogP contribution in [0.3, 0.4) is 0 Å². The van der Waals surface area contributed by atoms with Gasteiger partial charge in [0.25, 0.3) is 5.91 Å². The van der Waals surface area contributed by atoms with Crippen LogP contribution in [-0.2, 0) is 9.63 Å². The first-order chi connectivity index (χ1) is 23.8. The van der Waals surface area contributed by atoms with Gasteiger partial charge in [-0.05, 0) is 60.7 Å². The molecule has 0 unspecified atom stereocenters. The Balaban J connectivity index is 1.52. The van der Waals surface area contributed by atoms with Crippen LogP contribution < -0.4 is 15.3 Å². The number of pyridine rings is 1. The van der Waals surface area contributed by atoms with Gasteiger partial charge in [-0.3, -0.25) is 4.79 Å². The summed E-state index contributed by atoms with van der Waals surface area (Å²) in [6.45, 7) is 0. The lowest BCUT2D eigenvalue weighted by atomic mass is 10.0. The minimum Gasteiger partial charge on any atom is -0.363 e. The molecule has 0 aliphatic carbocycles. The molecule has 0 saturated carbocycles. The summed E-state index contributed by atoms with van der Waals surface area (Å²) in [6, 6.07) is 20.0. The number of fused-ring (bicyclic) bond motifs is 1. The third kappa shape index (κ3) is 6.63. The van der Waals surface area contributed by atoms with Crippen molar-refractivity contribution in [1.29, 1.82) is 0 Å². The molecule has 16 heteroatoms. The normalized spacial score (nSPS) is 11.4. The molecule has 0 aliphatic rings. The van der Waals surface area contributed by atoms with Crippen LogP contribution in [0.4, 0.5) is 49.5 Å². The van der Waals surface area contributed by atoms with Gasteiger partial charge in [0, 0.05) is 31.5 Å². The van der Waals surface area contributed by atoms with Crippen molar-refractivity contribution in [2.75, 3.05) is 29.4 Å². The number of aromatic nitrogens is 4. The molecule has 1 N–H and O–H groups in total. The van der Waals surface area contributed by atoms with Crippen LogP contribution >= 0.6 is 0 Å². The first kappa shape index (κ1) is 33.5. The number of carbonyl (C=O) groups is 2. The number of nitrogens with one attached hydrogen (secondary N) is 1. The van der Waals surface area contributed by atoms with Gasteiger partial charge in [-0.1, -0.05) is 30.3 Å². The maximum Gasteiger partial charge on any atom is 0.493 e. The van der Waals surface area contributed by atoms with Gasteiger partial charge < -0.3 is 15.1 Å². The lowest BCUT2D eigenvalue weighted by molar-refractivity contribution is -0.200. The van der Waals surface area contributed by atoms with E-state index in [0.717, 1.165) is 30.3 Å². The van der Waals surface area contributed by atoms with Gasteiger partial charge in [-0.25, -0.2) is 32.4 Å². The SMILES string of the molecule is CN(C)c1cccc2c(-c3ccnc(Nc4cccc(F)c4)n3)c(-c3cccc(N(OC(=O)C(F)(F)F)C(=O)c4c(F)cccc4F)c3)nn12. The van der Waals surface area contributed by atoms with Crippen molar-refractivity contribution in [3.8, 4) is 22.5 Å². The van der Waals surface area contributed by atoms with Gasteiger partial charge in [-0.2, -0.15) is 18.3 Å². The van der Waals surface area contributed by atoms with Crippen LogP contribution in [0.5, 0.6) is 0 Å². The summed E-state index contributed by atoms with van der Waals surface area (Å²) < 4.78 is 84.7. The van der Waals surface area contributed by atoms with Crippen molar-refractivity contribution in [2.45, 2.75) is 6.18 Å². The van der Waals surface area contributed by atoms with E-state index in [1.54, 1.807) is 53.8 Å². The van der Waals surface area contributed by atoms with Gasteiger partial charge in [0.2, 0.25) is 5.95 Å². The molecule has 0 fully saturated rings. The van der Waals surface area contributed by atoms with E-state index in [9.17, 15) is 35.9 Å². The zero-order chi connectivity index (χ0) is 35.7. The highest BCUT2D eigenvalue weighted by molar-refractivity contribution is 6.06. The minimum absolute atomic E-state index is 0.0960. The van der Waals surface area contributed by atoms with Crippen LogP contribution in [0.1, 0.15) is 10.4 Å². The first-order valence-corrected chi connectivity index (χ1v) is 14.5. The van der Waals surface area contributed by atoms with Gasteiger partial charge in [0.15, 0.2) is 0 Å². The summed E-state index contributed by atoms with van der Waals surface area (Å²) >= 11 is 0. The fourth-order valence-electron chi connectivity index (χ4n) is 5.03. The number of halogens is 6. The van der Waals surface area contributed by atoms with E-state index in [0.29, 0.717) is 28.3 Å². The molecular formula is C34H23F6N7O3. The Morgan fingerprint density at radius 2 is 1.56 bits per heavy atom. The summed E-state index contributed by atoms with van der Waals surface area (Å²) in [5, 5.41) is 7.57. The fraction of sp³-hybridized carbons (Fsp3) is 0.0882. The Kier molecular flexibility index (Phi) is 8.84. The Bertz CT molecular complexity index is 2240. The Labute approximate surface area is 279 Å². The van der Waals surface area contributed by atoms with E-state index in [1.165, 1.54) is 36.5 Å². The lowest BCUT2D eigenvalue weighted by Gasteiger charge is -2.22. The molecule has 3 aromatic carbocycles. The summed E-state index contributed by atoms with van der Waals surface area (Å²) in [6.07, 6.45) is -4.12. The van der Waals surface area contributed by atoms with Crippen LogP contribution in [0.25, 0.3) is 28.0 Å². The van der Waals surface area contributed by atoms with Crippen molar-refractivity contribution in [3.63, 3.8) is 0 Å². The molecule has 10 nitrogen and oxygen atoms in total. The minimum atomic E-state index is -5.56. The van der Waals surface area contributed by atoms with E-state index in [1.807, 2.05) is 0 Å². The zero-order valence-corrected chi connectivity index (χ0v) is 25.9. The van der Waals surface area contributed by atoms with Crippen LogP contribution in [0.15, 0.2) is 97.2 Å². The van der Waals surface area contributed by atoms with Crippen molar-refractivity contribution in [1.82, 2.24) is 19.6 Å². The molecule has 0 saturated heterocycles. The molecule has 0 radical (unpaired) electrons. The predicted molar refractivity (Wildman–Crippen MR) is 171 cm³/mol. The predicted octanol–water partition coefficient (Wildman–Crippen LogP) is 7.35. The summed E-state index contributed by atoms with van der Waals surface area (Å²) in [7, 11) is 3.56. The molecule has 6 rings (SSSR count). The molecule has 254 valence electrons. The van der Waals surface area contributed by atoms with E-state index < -0.39 is 46.8 Å². The second kappa shape index (κ2) is 13.2. The summed E-state index contributed by atoms with van der Waals surface area (Å²) in [5.74, 6) is -7.10. The van der Waals surface area contributed by atoms with Crippen molar-refractivity contribution in [2.24, 2.45) is 0 Å². The third-order valence-electron chi connectivity index (χ3n) is 7.21. The number of hydrogen-bond donors (Lipinski definition) is 1. The Hall–Kier alpha value is -6.45. The van der Waals surface area contributed by atoms with E-state index in [-0.39, 0.29) is 22.3 Å². The molecule has 50 heavy (non-hydrogen) atoms. The molecule has 3 heterocycles. The number of anilines is 4. The summed E-state index contributed by atoms with van der Waals surface area (Å²) in [5.41, 5.74) is 0.250. The van der Waals surface area contributed by atoms with E-state index >= 15 is 0 Å². The van der Waals surface area contributed by atoms with Crippen molar-refractivity contribution < 1.29 is 40.8 Å². The topological polar surface area (TPSA) is 105 Å². The second-order valence-corrected chi connectivity index (χ2v) is 10.8. The maximum atomic E-state index is 14.6. The quantitative estimate of drug-likeness (QED) is 0.137. The molecule has 0 spiro atoms. The Morgan fingerprint density at radius 3 is 2.26 bits per heavy atom. The molecule has 6 aromatic rings. The smallest absolute Gasteiger partial charge is 0.363 e. The molecule has 3 aromatic heterocycles. The molecule has 1 amide bonds. The first-order valence-electron chi connectivity index (χ1n) is 14.5. The van der Waals surface area contributed by atoms with Crippen LogP contribution in [0.2, 0.25) is 0 Å². The molecule has 0 bridgehead atoms. The van der Waals surface area contributed by atoms with Gasteiger partial charge in [0.1, 0.15) is 34.5 Å². The molecule has 0 atom stereocenters. The number of hydrogen-bond acceptors (Lipinski definition) is 8. The number of hydroxylamine groups is 1. The maximum absolute atomic E-state index is 14.6. The van der Waals surface area contributed by atoms with Crippen molar-refractivity contribution in [3.05, 3.63) is 120 Å². The Morgan fingerprint density at radius 1 is 0.860 bits per heavy atom. The summed E-state index contributed by atoms with van der Waals surface area (Å²) in [4.78, 5) is 40.4. The zero-order valence-electron chi connectivity index (χ0n) is 25.9. The van der Waals surface area contributed by atoms with Crippen LogP contribution in [0, 0.1) is 17.5 Å². The molecule has 0 aliphatic heterocycles. The number of nitrogens with zero attached hydrogens (tertiary/aromatic N) is 6. The van der Waals surface area contributed by atoms with E-state index in [2.05, 4.69) is 20.1 Å². The standard InChI is InChI=1S/C34H23F6N7O3/c1-45(2)27-14-6-13-26-29(25-15-16-41-33(43-25)42-21-9-4-8-20(35)18-21)30(44-46(26)27)19-7-3-10-22(17-19)47(50-32(49)34(38,39)40)31(48)28-23(36)11-5-12-24(28)37/h3-18H,1-2H3,(H,41,42,43). The van der Waals surface area contributed by atoms with Crippen LogP contribution in [-0.4, -0.2) is 51.7 Å². The highest BCUT2D eigenvalue weighted by Crippen LogP contribution is 2.38. The fourth-order valence-corrected chi connectivity index (χ4v) is 5.03. The number of benzene rings is 3. The van der Waals surface area contributed by atoms with Gasteiger partial charge >= 0.3 is 12.1 Å². The highest BCUT2D eigenvalue weighted by atomic mass is 19.4. The number of carbonyl (C=O) groups excluding carboxylic acids is 2. The lowest BCUT2D eigenvalue weighted by Crippen LogP contribution is -2.39. The van der Waals surface area contributed by atoms with E-state index in [4.69, 9.17) is 5.10 Å². The molecular weight excluding hydrogens is 668 g/mol. The van der Waals surface area contributed by atoms with Crippen molar-refractivity contribution >= 4 is 40.5 Å². The monoisotopic (exact) mass is 691 g/mol. The average Bonchev–Trinajstić information content (AvgIpc) is 3.46. The number of alkyl halides is 3. The number of amides is 1.